The van der Waals surface area contributed by atoms with Crippen LogP contribution >= 0.6 is 0 Å². The van der Waals surface area contributed by atoms with Crippen molar-refractivity contribution in [3.8, 4) is 5.75 Å². The molecule has 1 aromatic heterocycles. The van der Waals surface area contributed by atoms with Gasteiger partial charge in [-0.3, -0.25) is 0 Å². The summed E-state index contributed by atoms with van der Waals surface area (Å²) in [7, 11) is 1.62. The van der Waals surface area contributed by atoms with E-state index in [9.17, 15) is 4.79 Å². The number of para-hydroxylation sites is 2. The minimum Gasteiger partial charge on any atom is -0.497 e. The van der Waals surface area contributed by atoms with Crippen molar-refractivity contribution in [3.05, 3.63) is 59.9 Å². The standard InChI is InChI=1S/C19H22N4O3/c1-26-14-8-6-13(7-9-14)12-17(23-19(25)20-10-11-24)18-21-15-4-2-3-5-16(15)22-18/h2-9,17,24H,10-12H2,1H3,(H,21,22)(H2,20,23,25)/t17-/m1/s1. The number of benzene rings is 2. The number of hydrogen-bond acceptors (Lipinski definition) is 4. The summed E-state index contributed by atoms with van der Waals surface area (Å²) < 4.78 is 5.19. The van der Waals surface area contributed by atoms with E-state index in [2.05, 4.69) is 20.6 Å². The topological polar surface area (TPSA) is 99.3 Å². The van der Waals surface area contributed by atoms with Crippen molar-refractivity contribution in [2.24, 2.45) is 0 Å². The minimum absolute atomic E-state index is 0.110. The van der Waals surface area contributed by atoms with Crippen LogP contribution in [0.2, 0.25) is 0 Å². The highest BCUT2D eigenvalue weighted by molar-refractivity contribution is 5.76. The van der Waals surface area contributed by atoms with E-state index in [0.29, 0.717) is 12.2 Å². The van der Waals surface area contributed by atoms with Crippen LogP contribution in [0.1, 0.15) is 17.4 Å². The third-order valence-electron chi connectivity index (χ3n) is 4.04. The molecule has 1 atom stereocenters. The van der Waals surface area contributed by atoms with E-state index in [1.807, 2.05) is 48.5 Å². The average Bonchev–Trinajstić information content (AvgIpc) is 3.10. The van der Waals surface area contributed by atoms with E-state index in [0.717, 1.165) is 22.3 Å². The molecule has 0 unspecified atom stereocenters. The summed E-state index contributed by atoms with van der Waals surface area (Å²) >= 11 is 0. The summed E-state index contributed by atoms with van der Waals surface area (Å²) in [4.78, 5) is 20.0. The Balaban J connectivity index is 1.83. The summed E-state index contributed by atoms with van der Waals surface area (Å²) in [5, 5.41) is 14.4. The molecule has 7 nitrogen and oxygen atoms in total. The quantitative estimate of drug-likeness (QED) is 0.522. The second-order valence-corrected chi connectivity index (χ2v) is 5.87. The van der Waals surface area contributed by atoms with Gasteiger partial charge in [-0.25, -0.2) is 9.78 Å². The maximum Gasteiger partial charge on any atom is 0.315 e. The molecular weight excluding hydrogens is 332 g/mol. The molecule has 0 aliphatic rings. The summed E-state index contributed by atoms with van der Waals surface area (Å²) in [6.45, 7) is 0.0857. The Kier molecular flexibility index (Phi) is 5.70. The van der Waals surface area contributed by atoms with Crippen LogP contribution < -0.4 is 15.4 Å². The summed E-state index contributed by atoms with van der Waals surface area (Å²) in [5.41, 5.74) is 2.80. The number of hydrogen-bond donors (Lipinski definition) is 4. The number of aliphatic hydroxyl groups excluding tert-OH is 1. The van der Waals surface area contributed by atoms with Gasteiger partial charge < -0.3 is 25.5 Å². The van der Waals surface area contributed by atoms with E-state index >= 15 is 0 Å². The summed E-state index contributed by atoms with van der Waals surface area (Å²) in [6.07, 6.45) is 0.566. The van der Waals surface area contributed by atoms with Crippen LogP contribution in [-0.2, 0) is 6.42 Å². The molecule has 26 heavy (non-hydrogen) atoms. The summed E-state index contributed by atoms with van der Waals surface area (Å²) in [6, 6.07) is 14.7. The lowest BCUT2D eigenvalue weighted by Gasteiger charge is -2.17. The van der Waals surface area contributed by atoms with Gasteiger partial charge in [-0.1, -0.05) is 24.3 Å². The van der Waals surface area contributed by atoms with Crippen LogP contribution in [0.15, 0.2) is 48.5 Å². The molecule has 0 saturated carbocycles. The fourth-order valence-electron chi connectivity index (χ4n) is 2.73. The molecule has 2 aromatic carbocycles. The second kappa shape index (κ2) is 8.35. The Morgan fingerprint density at radius 2 is 2.00 bits per heavy atom. The zero-order valence-electron chi connectivity index (χ0n) is 14.5. The monoisotopic (exact) mass is 354 g/mol. The van der Waals surface area contributed by atoms with Crippen molar-refractivity contribution >= 4 is 17.1 Å². The first kappa shape index (κ1) is 17.8. The number of rotatable bonds is 7. The molecule has 3 aromatic rings. The molecule has 3 rings (SSSR count). The lowest BCUT2D eigenvalue weighted by atomic mass is 10.1. The number of nitrogens with zero attached hydrogens (tertiary/aromatic N) is 1. The highest BCUT2D eigenvalue weighted by Gasteiger charge is 2.19. The number of amides is 2. The molecule has 0 radical (unpaired) electrons. The van der Waals surface area contributed by atoms with E-state index < -0.39 is 0 Å². The molecule has 0 saturated heterocycles. The first-order valence-corrected chi connectivity index (χ1v) is 8.42. The van der Waals surface area contributed by atoms with Gasteiger partial charge in [0.25, 0.3) is 0 Å². The Bertz CT molecular complexity index is 828. The van der Waals surface area contributed by atoms with Crippen molar-refractivity contribution in [1.82, 2.24) is 20.6 Å². The number of urea groups is 1. The molecular formula is C19H22N4O3. The molecule has 4 N–H and O–H groups in total. The molecule has 136 valence electrons. The first-order valence-electron chi connectivity index (χ1n) is 8.42. The fourth-order valence-corrected chi connectivity index (χ4v) is 2.73. The molecule has 0 bridgehead atoms. The zero-order chi connectivity index (χ0) is 18.4. The fraction of sp³-hybridized carbons (Fsp3) is 0.263. The van der Waals surface area contributed by atoms with Crippen molar-refractivity contribution in [3.63, 3.8) is 0 Å². The molecule has 0 fully saturated rings. The normalized spacial score (nSPS) is 11.9. The molecule has 1 heterocycles. The number of fused-ring (bicyclic) bond motifs is 1. The summed E-state index contributed by atoms with van der Waals surface area (Å²) in [5.74, 6) is 1.46. The Morgan fingerprint density at radius 1 is 1.23 bits per heavy atom. The first-order chi connectivity index (χ1) is 12.7. The Labute approximate surface area is 151 Å². The highest BCUT2D eigenvalue weighted by Crippen LogP contribution is 2.21. The van der Waals surface area contributed by atoms with Gasteiger partial charge >= 0.3 is 6.03 Å². The van der Waals surface area contributed by atoms with Crippen LogP contribution in [0.4, 0.5) is 4.79 Å². The average molecular weight is 354 g/mol. The smallest absolute Gasteiger partial charge is 0.315 e. The second-order valence-electron chi connectivity index (χ2n) is 5.87. The number of ether oxygens (including phenoxy) is 1. The molecule has 0 aliphatic heterocycles. The Hall–Kier alpha value is -3.06. The van der Waals surface area contributed by atoms with Crippen molar-refractivity contribution in [1.29, 1.82) is 0 Å². The number of carbonyl (C=O) groups excluding carboxylic acids is 1. The highest BCUT2D eigenvalue weighted by atomic mass is 16.5. The van der Waals surface area contributed by atoms with Gasteiger partial charge in [-0.05, 0) is 36.2 Å². The number of aromatic amines is 1. The van der Waals surface area contributed by atoms with Crippen LogP contribution in [0, 0.1) is 0 Å². The number of H-pyrrole nitrogens is 1. The van der Waals surface area contributed by atoms with E-state index in [1.165, 1.54) is 0 Å². The maximum absolute atomic E-state index is 12.1. The van der Waals surface area contributed by atoms with Crippen LogP contribution in [0.5, 0.6) is 5.75 Å². The van der Waals surface area contributed by atoms with Gasteiger partial charge in [0.1, 0.15) is 11.6 Å². The van der Waals surface area contributed by atoms with Gasteiger partial charge in [0, 0.05) is 6.54 Å². The van der Waals surface area contributed by atoms with Crippen LogP contribution in [0.25, 0.3) is 11.0 Å². The number of aromatic nitrogens is 2. The molecule has 2 amide bonds. The zero-order valence-corrected chi connectivity index (χ0v) is 14.5. The predicted molar refractivity (Wildman–Crippen MR) is 99.2 cm³/mol. The van der Waals surface area contributed by atoms with Crippen molar-refractivity contribution < 1.29 is 14.6 Å². The third-order valence-corrected chi connectivity index (χ3v) is 4.04. The van der Waals surface area contributed by atoms with Crippen molar-refractivity contribution in [2.75, 3.05) is 20.3 Å². The minimum atomic E-state index is -0.349. The largest absolute Gasteiger partial charge is 0.497 e. The van der Waals surface area contributed by atoms with Crippen LogP contribution in [0.3, 0.4) is 0 Å². The predicted octanol–water partition coefficient (Wildman–Crippen LogP) is 2.15. The van der Waals surface area contributed by atoms with Crippen LogP contribution in [-0.4, -0.2) is 41.4 Å². The maximum atomic E-state index is 12.1. The molecule has 0 spiro atoms. The SMILES string of the molecule is COc1ccc(C[C@@H](NC(=O)NCCO)c2nc3ccccc3[nH]2)cc1. The van der Waals surface area contributed by atoms with Gasteiger partial charge in [0.2, 0.25) is 0 Å². The van der Waals surface area contributed by atoms with Gasteiger partial charge in [0.05, 0.1) is 30.8 Å². The van der Waals surface area contributed by atoms with Gasteiger partial charge in [-0.2, -0.15) is 0 Å². The molecule has 7 heteroatoms. The number of imidazole rings is 1. The van der Waals surface area contributed by atoms with E-state index in [4.69, 9.17) is 9.84 Å². The van der Waals surface area contributed by atoms with Gasteiger partial charge in [-0.15, -0.1) is 0 Å². The van der Waals surface area contributed by atoms with Gasteiger partial charge in [0.15, 0.2) is 0 Å². The third kappa shape index (κ3) is 4.31. The number of nitrogens with one attached hydrogen (secondary N) is 3. The number of carbonyl (C=O) groups is 1. The van der Waals surface area contributed by atoms with E-state index in [-0.39, 0.29) is 25.2 Å². The number of methoxy groups -OCH3 is 1. The lowest BCUT2D eigenvalue weighted by molar-refractivity contribution is 0.230. The number of aliphatic hydroxyl groups is 1. The Morgan fingerprint density at radius 3 is 2.69 bits per heavy atom. The molecule has 0 aliphatic carbocycles. The lowest BCUT2D eigenvalue weighted by Crippen LogP contribution is -2.40. The van der Waals surface area contributed by atoms with E-state index in [1.54, 1.807) is 7.11 Å². The van der Waals surface area contributed by atoms with Crippen molar-refractivity contribution in [2.45, 2.75) is 12.5 Å².